The Balaban J connectivity index is 1.70. The maximum Gasteiger partial charge on any atom is 0.243 e. The lowest BCUT2D eigenvalue weighted by atomic mass is 9.95. The summed E-state index contributed by atoms with van der Waals surface area (Å²) in [6.45, 7) is 4.49. The number of hydrogen-bond donors (Lipinski definition) is 0. The maximum atomic E-state index is 13.1. The minimum Gasteiger partial charge on any atom is -0.308 e. The van der Waals surface area contributed by atoms with Crippen LogP contribution in [-0.4, -0.2) is 42.7 Å². The van der Waals surface area contributed by atoms with Gasteiger partial charge < -0.3 is 4.90 Å². The smallest absolute Gasteiger partial charge is 0.243 e. The molecule has 152 valence electrons. The van der Waals surface area contributed by atoms with Crippen LogP contribution in [0.2, 0.25) is 0 Å². The molecule has 0 N–H and O–H groups in total. The Morgan fingerprint density at radius 2 is 1.86 bits per heavy atom. The van der Waals surface area contributed by atoms with Crippen molar-refractivity contribution in [3.8, 4) is 6.07 Å². The van der Waals surface area contributed by atoms with E-state index in [1.807, 2.05) is 26.0 Å². The topological polar surface area (TPSA) is 94.4 Å². The van der Waals surface area contributed by atoms with Crippen LogP contribution in [0.4, 0.5) is 5.69 Å². The lowest BCUT2D eigenvalue weighted by Gasteiger charge is -2.35. The molecule has 0 bridgehead atoms. The molecule has 1 aliphatic heterocycles. The fourth-order valence-electron chi connectivity index (χ4n) is 3.57. The van der Waals surface area contributed by atoms with Gasteiger partial charge in [-0.05, 0) is 63.1 Å². The number of rotatable bonds is 5. The first kappa shape index (κ1) is 21.0. The van der Waals surface area contributed by atoms with E-state index in [0.717, 1.165) is 5.69 Å². The Kier molecular flexibility index (Phi) is 6.30. The molecule has 0 saturated carbocycles. The number of piperidine rings is 1. The third-order valence-corrected chi connectivity index (χ3v) is 7.02. The van der Waals surface area contributed by atoms with Gasteiger partial charge in [0.1, 0.15) is 0 Å². The van der Waals surface area contributed by atoms with Gasteiger partial charge in [-0.2, -0.15) is 9.57 Å². The van der Waals surface area contributed by atoms with Gasteiger partial charge in [0.05, 0.1) is 28.4 Å². The number of benzene rings is 1. The fraction of sp³-hybridized carbons (Fsp3) is 0.381. The Bertz CT molecular complexity index is 990. The van der Waals surface area contributed by atoms with Gasteiger partial charge in [-0.3, -0.25) is 9.78 Å². The summed E-state index contributed by atoms with van der Waals surface area (Å²) < 4.78 is 27.2. The van der Waals surface area contributed by atoms with Crippen molar-refractivity contribution in [3.63, 3.8) is 0 Å². The molecule has 29 heavy (non-hydrogen) atoms. The molecule has 0 aliphatic carbocycles. The maximum absolute atomic E-state index is 13.1. The summed E-state index contributed by atoms with van der Waals surface area (Å²) in [5, 5.41) is 8.88. The Morgan fingerprint density at radius 3 is 2.38 bits per heavy atom. The molecule has 1 amide bonds. The Morgan fingerprint density at radius 1 is 1.21 bits per heavy atom. The summed E-state index contributed by atoms with van der Waals surface area (Å²) in [6.07, 6.45) is 4.27. The highest BCUT2D eigenvalue weighted by Gasteiger charge is 2.34. The SMILES string of the molecule is CC(C)N(C(=O)C1CCN(S(=O)(=O)c2ccc(C#N)cc2)CC1)c1cccnc1. The first-order valence-corrected chi connectivity index (χ1v) is 11.0. The molecule has 1 fully saturated rings. The molecule has 0 atom stereocenters. The molecule has 0 unspecified atom stereocenters. The average molecular weight is 413 g/mol. The highest BCUT2D eigenvalue weighted by molar-refractivity contribution is 7.89. The molecule has 2 aromatic rings. The van der Waals surface area contributed by atoms with Crippen molar-refractivity contribution in [1.82, 2.24) is 9.29 Å². The number of aromatic nitrogens is 1. The molecule has 1 saturated heterocycles. The van der Waals surface area contributed by atoms with Crippen molar-refractivity contribution in [2.24, 2.45) is 5.92 Å². The predicted octanol–water partition coefficient (Wildman–Crippen LogP) is 2.80. The number of sulfonamides is 1. The molecule has 2 heterocycles. The molecule has 1 aromatic carbocycles. The minimum atomic E-state index is -3.64. The Labute approximate surface area is 171 Å². The number of hydrogen-bond acceptors (Lipinski definition) is 5. The van der Waals surface area contributed by atoms with E-state index in [0.29, 0.717) is 18.4 Å². The van der Waals surface area contributed by atoms with Gasteiger partial charge in [-0.1, -0.05) is 0 Å². The molecular weight excluding hydrogens is 388 g/mol. The molecule has 7 nitrogen and oxygen atoms in total. The second-order valence-electron chi connectivity index (χ2n) is 7.33. The lowest BCUT2D eigenvalue weighted by molar-refractivity contribution is -0.123. The molecule has 0 radical (unpaired) electrons. The van der Waals surface area contributed by atoms with Crippen molar-refractivity contribution in [2.75, 3.05) is 18.0 Å². The van der Waals surface area contributed by atoms with Crippen molar-refractivity contribution >= 4 is 21.6 Å². The summed E-state index contributed by atoms with van der Waals surface area (Å²) in [6, 6.07) is 11.5. The van der Waals surface area contributed by atoms with Gasteiger partial charge in [-0.25, -0.2) is 8.42 Å². The van der Waals surface area contributed by atoms with E-state index >= 15 is 0 Å². The van der Waals surface area contributed by atoms with Crippen molar-refractivity contribution < 1.29 is 13.2 Å². The van der Waals surface area contributed by atoms with Crippen LogP contribution in [0.25, 0.3) is 0 Å². The van der Waals surface area contributed by atoms with Gasteiger partial charge in [0.15, 0.2) is 0 Å². The first-order valence-electron chi connectivity index (χ1n) is 9.58. The number of anilines is 1. The summed E-state index contributed by atoms with van der Waals surface area (Å²) in [5.41, 5.74) is 1.16. The summed E-state index contributed by atoms with van der Waals surface area (Å²) in [5.74, 6) is -0.228. The van der Waals surface area contributed by atoms with E-state index in [1.165, 1.54) is 28.6 Å². The summed E-state index contributed by atoms with van der Waals surface area (Å²) in [4.78, 5) is 19.1. The number of amides is 1. The summed E-state index contributed by atoms with van der Waals surface area (Å²) >= 11 is 0. The van der Waals surface area contributed by atoms with Gasteiger partial charge >= 0.3 is 0 Å². The standard InChI is InChI=1S/C21H24N4O3S/c1-16(2)25(19-4-3-11-23-15-19)21(26)18-9-12-24(13-10-18)29(27,28)20-7-5-17(14-22)6-8-20/h3-8,11,15-16,18H,9-10,12-13H2,1-2H3. The number of carbonyl (C=O) groups excluding carboxylic acids is 1. The van der Waals surface area contributed by atoms with Gasteiger partial charge in [0.2, 0.25) is 15.9 Å². The minimum absolute atomic E-state index is 0.00317. The molecular formula is C21H24N4O3S. The largest absolute Gasteiger partial charge is 0.308 e. The molecule has 1 aliphatic rings. The van der Waals surface area contributed by atoms with Crippen molar-refractivity contribution in [3.05, 3.63) is 54.4 Å². The normalized spacial score (nSPS) is 15.8. The van der Waals surface area contributed by atoms with Crippen LogP contribution in [0.1, 0.15) is 32.3 Å². The summed E-state index contributed by atoms with van der Waals surface area (Å²) in [7, 11) is -3.64. The molecule has 8 heteroatoms. The number of pyridine rings is 1. The van der Waals surface area contributed by atoms with E-state index in [2.05, 4.69) is 4.98 Å². The Hall–Kier alpha value is -2.76. The van der Waals surface area contributed by atoms with E-state index < -0.39 is 10.0 Å². The van der Waals surface area contributed by atoms with Gasteiger partial charge in [0.25, 0.3) is 0 Å². The second kappa shape index (κ2) is 8.72. The predicted molar refractivity (Wildman–Crippen MR) is 109 cm³/mol. The monoisotopic (exact) mass is 412 g/mol. The molecule has 0 spiro atoms. The zero-order valence-corrected chi connectivity index (χ0v) is 17.3. The number of nitriles is 1. The third-order valence-electron chi connectivity index (χ3n) is 5.10. The van der Waals surface area contributed by atoms with E-state index in [9.17, 15) is 13.2 Å². The van der Waals surface area contributed by atoms with Crippen molar-refractivity contribution in [1.29, 1.82) is 5.26 Å². The van der Waals surface area contributed by atoms with Crippen LogP contribution < -0.4 is 4.90 Å². The lowest BCUT2D eigenvalue weighted by Crippen LogP contribution is -2.46. The van der Waals surface area contributed by atoms with Crippen LogP contribution in [0.3, 0.4) is 0 Å². The molecule has 3 rings (SSSR count). The van der Waals surface area contributed by atoms with Crippen LogP contribution in [-0.2, 0) is 14.8 Å². The molecule has 1 aromatic heterocycles. The first-order chi connectivity index (χ1) is 13.8. The number of carbonyl (C=O) groups is 1. The number of nitrogens with zero attached hydrogens (tertiary/aromatic N) is 4. The zero-order valence-electron chi connectivity index (χ0n) is 16.5. The highest BCUT2D eigenvalue weighted by Crippen LogP contribution is 2.27. The highest BCUT2D eigenvalue weighted by atomic mass is 32.2. The van der Waals surface area contributed by atoms with Crippen LogP contribution >= 0.6 is 0 Å². The van der Waals surface area contributed by atoms with Gasteiger partial charge in [0, 0.05) is 31.2 Å². The van der Waals surface area contributed by atoms with Crippen LogP contribution in [0.5, 0.6) is 0 Å². The third kappa shape index (κ3) is 4.47. The quantitative estimate of drug-likeness (QED) is 0.753. The van der Waals surface area contributed by atoms with Crippen LogP contribution in [0, 0.1) is 17.2 Å². The average Bonchev–Trinajstić information content (AvgIpc) is 2.74. The fourth-order valence-corrected chi connectivity index (χ4v) is 5.04. The van der Waals surface area contributed by atoms with E-state index in [4.69, 9.17) is 5.26 Å². The second-order valence-corrected chi connectivity index (χ2v) is 9.27. The van der Waals surface area contributed by atoms with E-state index in [1.54, 1.807) is 23.4 Å². The van der Waals surface area contributed by atoms with Gasteiger partial charge in [-0.15, -0.1) is 0 Å². The van der Waals surface area contributed by atoms with E-state index in [-0.39, 0.29) is 35.9 Å². The zero-order chi connectivity index (χ0) is 21.0. The van der Waals surface area contributed by atoms with Crippen LogP contribution in [0.15, 0.2) is 53.7 Å². The van der Waals surface area contributed by atoms with Crippen molar-refractivity contribution in [2.45, 2.75) is 37.6 Å².